The van der Waals surface area contributed by atoms with E-state index in [0.717, 1.165) is 31.2 Å². The van der Waals surface area contributed by atoms with Gasteiger partial charge in [0.25, 0.3) is 0 Å². The molecule has 1 atom stereocenters. The number of nitrogens with one attached hydrogen (secondary N) is 2. The van der Waals surface area contributed by atoms with E-state index in [1.807, 2.05) is 30.3 Å². The number of aromatic carboxylic acids is 1. The van der Waals surface area contributed by atoms with Crippen molar-refractivity contribution in [2.24, 2.45) is 0 Å². The highest BCUT2D eigenvalue weighted by Gasteiger charge is 2.23. The number of carboxylic acids is 1. The zero-order valence-corrected chi connectivity index (χ0v) is 16.7. The molecular formula is C21H26N2O4S. The van der Waals surface area contributed by atoms with E-state index in [-0.39, 0.29) is 16.5 Å². The molecule has 1 fully saturated rings. The van der Waals surface area contributed by atoms with Crippen molar-refractivity contribution in [3.8, 4) is 0 Å². The Hall–Kier alpha value is -2.38. The second kappa shape index (κ2) is 8.75. The zero-order chi connectivity index (χ0) is 20.1. The molecule has 6 nitrogen and oxygen atoms in total. The van der Waals surface area contributed by atoms with Crippen LogP contribution in [0, 0.1) is 0 Å². The summed E-state index contributed by atoms with van der Waals surface area (Å²) in [6, 6.07) is 13.3. The van der Waals surface area contributed by atoms with Crippen LogP contribution in [0.5, 0.6) is 0 Å². The predicted octanol–water partition coefficient (Wildman–Crippen LogP) is 4.17. The van der Waals surface area contributed by atoms with Crippen molar-refractivity contribution in [2.75, 3.05) is 5.32 Å². The largest absolute Gasteiger partial charge is 0.478 e. The van der Waals surface area contributed by atoms with Gasteiger partial charge in [0.1, 0.15) is 0 Å². The zero-order valence-electron chi connectivity index (χ0n) is 15.9. The molecule has 0 amide bonds. The van der Waals surface area contributed by atoms with Crippen LogP contribution in [0.4, 0.5) is 5.69 Å². The van der Waals surface area contributed by atoms with E-state index in [2.05, 4.69) is 10.0 Å². The standard InChI is InChI=1S/C21H26N2O4S/c1-15(16-8-4-2-5-9-16)23-28(26,27)18-12-13-20(19(14-18)21(24)25)22-17-10-6-3-7-11-17/h2,4-5,8-9,12-15,17,22-23H,3,6-7,10-11H2,1H3,(H,24,25). The van der Waals surface area contributed by atoms with E-state index in [4.69, 9.17) is 0 Å². The first-order chi connectivity index (χ1) is 13.4. The van der Waals surface area contributed by atoms with E-state index in [1.54, 1.807) is 13.0 Å². The molecule has 0 bridgehead atoms. The Labute approximate surface area is 166 Å². The first-order valence-electron chi connectivity index (χ1n) is 9.58. The number of hydrogen-bond acceptors (Lipinski definition) is 4. The van der Waals surface area contributed by atoms with Gasteiger partial charge in [-0.25, -0.2) is 17.9 Å². The molecule has 0 heterocycles. The van der Waals surface area contributed by atoms with Gasteiger partial charge in [-0.05, 0) is 43.5 Å². The molecular weight excluding hydrogens is 376 g/mol. The Kier molecular flexibility index (Phi) is 6.36. The fourth-order valence-corrected chi connectivity index (χ4v) is 4.83. The van der Waals surface area contributed by atoms with Crippen molar-refractivity contribution in [1.82, 2.24) is 4.72 Å². The fourth-order valence-electron chi connectivity index (χ4n) is 3.57. The van der Waals surface area contributed by atoms with Gasteiger partial charge in [0.15, 0.2) is 0 Å². The summed E-state index contributed by atoms with van der Waals surface area (Å²) in [6.45, 7) is 1.75. The van der Waals surface area contributed by atoms with Crippen molar-refractivity contribution in [2.45, 2.75) is 56.0 Å². The van der Waals surface area contributed by atoms with Crippen molar-refractivity contribution in [1.29, 1.82) is 0 Å². The summed E-state index contributed by atoms with van der Waals surface area (Å²) in [7, 11) is -3.85. The quantitative estimate of drug-likeness (QED) is 0.646. The minimum absolute atomic E-state index is 0.0270. The molecule has 28 heavy (non-hydrogen) atoms. The molecule has 1 saturated carbocycles. The van der Waals surface area contributed by atoms with Crippen LogP contribution in [0.1, 0.15) is 61.0 Å². The van der Waals surface area contributed by atoms with Crippen LogP contribution in [0.2, 0.25) is 0 Å². The summed E-state index contributed by atoms with van der Waals surface area (Å²) in [5, 5.41) is 12.9. The summed E-state index contributed by atoms with van der Waals surface area (Å²) in [4.78, 5) is 11.7. The first-order valence-corrected chi connectivity index (χ1v) is 11.1. The van der Waals surface area contributed by atoms with E-state index in [9.17, 15) is 18.3 Å². The number of anilines is 1. The van der Waals surface area contributed by atoms with Crippen molar-refractivity contribution < 1.29 is 18.3 Å². The van der Waals surface area contributed by atoms with E-state index in [0.29, 0.717) is 5.69 Å². The van der Waals surface area contributed by atoms with Gasteiger partial charge in [0.05, 0.1) is 10.5 Å². The molecule has 0 aliphatic heterocycles. The third kappa shape index (κ3) is 4.91. The smallest absolute Gasteiger partial charge is 0.337 e. The van der Waals surface area contributed by atoms with Crippen LogP contribution >= 0.6 is 0 Å². The molecule has 0 spiro atoms. The lowest BCUT2D eigenvalue weighted by atomic mass is 9.95. The minimum Gasteiger partial charge on any atom is -0.478 e. The summed E-state index contributed by atoms with van der Waals surface area (Å²) >= 11 is 0. The molecule has 2 aromatic carbocycles. The molecule has 1 aliphatic carbocycles. The minimum atomic E-state index is -3.85. The molecule has 1 aliphatic rings. The Balaban J connectivity index is 1.82. The van der Waals surface area contributed by atoms with Gasteiger partial charge in [-0.2, -0.15) is 0 Å². The van der Waals surface area contributed by atoms with Crippen LogP contribution < -0.4 is 10.0 Å². The van der Waals surface area contributed by atoms with Crippen LogP contribution in [-0.2, 0) is 10.0 Å². The molecule has 0 radical (unpaired) electrons. The monoisotopic (exact) mass is 402 g/mol. The number of carbonyl (C=O) groups is 1. The number of benzene rings is 2. The van der Waals surface area contributed by atoms with Crippen LogP contribution in [0.3, 0.4) is 0 Å². The highest BCUT2D eigenvalue weighted by molar-refractivity contribution is 7.89. The summed E-state index contributed by atoms with van der Waals surface area (Å²) in [5.41, 5.74) is 1.27. The molecule has 7 heteroatoms. The van der Waals surface area contributed by atoms with Crippen molar-refractivity contribution >= 4 is 21.7 Å². The number of carboxylic acid groups (broad SMARTS) is 1. The lowest BCUT2D eigenvalue weighted by Gasteiger charge is -2.25. The van der Waals surface area contributed by atoms with E-state index < -0.39 is 22.0 Å². The van der Waals surface area contributed by atoms with Gasteiger partial charge < -0.3 is 10.4 Å². The molecule has 3 rings (SSSR count). The highest BCUT2D eigenvalue weighted by atomic mass is 32.2. The maximum atomic E-state index is 12.8. The summed E-state index contributed by atoms with van der Waals surface area (Å²) in [5.74, 6) is -1.15. The number of hydrogen-bond donors (Lipinski definition) is 3. The van der Waals surface area contributed by atoms with Gasteiger partial charge in [0, 0.05) is 17.8 Å². The third-order valence-corrected chi connectivity index (χ3v) is 6.67. The molecule has 0 saturated heterocycles. The second-order valence-corrected chi connectivity index (χ2v) is 8.96. The third-order valence-electron chi connectivity index (χ3n) is 5.13. The molecule has 1 unspecified atom stereocenters. The normalized spacial score (nSPS) is 16.5. The van der Waals surface area contributed by atoms with Crippen LogP contribution in [0.25, 0.3) is 0 Å². The van der Waals surface area contributed by atoms with Gasteiger partial charge in [-0.3, -0.25) is 0 Å². The van der Waals surface area contributed by atoms with Gasteiger partial charge in [-0.1, -0.05) is 49.6 Å². The first kappa shape index (κ1) is 20.4. The maximum absolute atomic E-state index is 12.8. The van der Waals surface area contributed by atoms with Crippen LogP contribution in [-0.4, -0.2) is 25.5 Å². The Morgan fingerprint density at radius 2 is 1.75 bits per heavy atom. The SMILES string of the molecule is CC(NS(=O)(=O)c1ccc(NC2CCCCC2)c(C(=O)O)c1)c1ccccc1. The van der Waals surface area contributed by atoms with Crippen LogP contribution in [0.15, 0.2) is 53.4 Å². The average molecular weight is 403 g/mol. The maximum Gasteiger partial charge on any atom is 0.337 e. The Bertz CT molecular complexity index is 923. The van der Waals surface area contributed by atoms with Crippen molar-refractivity contribution in [3.63, 3.8) is 0 Å². The van der Waals surface area contributed by atoms with Gasteiger partial charge >= 0.3 is 5.97 Å². The highest BCUT2D eigenvalue weighted by Crippen LogP contribution is 2.26. The van der Waals surface area contributed by atoms with Gasteiger partial charge in [0.2, 0.25) is 10.0 Å². The fraction of sp³-hybridized carbons (Fsp3) is 0.381. The lowest BCUT2D eigenvalue weighted by Crippen LogP contribution is -2.27. The summed E-state index contributed by atoms with van der Waals surface area (Å²) < 4.78 is 28.1. The van der Waals surface area contributed by atoms with E-state index >= 15 is 0 Å². The molecule has 0 aromatic heterocycles. The predicted molar refractivity (Wildman–Crippen MR) is 109 cm³/mol. The lowest BCUT2D eigenvalue weighted by molar-refractivity contribution is 0.0697. The molecule has 2 aromatic rings. The molecule has 3 N–H and O–H groups in total. The number of rotatable bonds is 7. The summed E-state index contributed by atoms with van der Waals surface area (Å²) in [6.07, 6.45) is 5.43. The van der Waals surface area contributed by atoms with E-state index in [1.165, 1.54) is 18.6 Å². The van der Waals surface area contributed by atoms with Gasteiger partial charge in [-0.15, -0.1) is 0 Å². The average Bonchev–Trinajstić information content (AvgIpc) is 2.69. The Morgan fingerprint density at radius 1 is 1.07 bits per heavy atom. The second-order valence-electron chi connectivity index (χ2n) is 7.25. The topological polar surface area (TPSA) is 95.5 Å². The number of sulfonamides is 1. The van der Waals surface area contributed by atoms with Crippen molar-refractivity contribution in [3.05, 3.63) is 59.7 Å². The molecule has 150 valence electrons. The Morgan fingerprint density at radius 3 is 2.39 bits per heavy atom.